The van der Waals surface area contributed by atoms with Crippen LogP contribution in [0.1, 0.15) is 16.1 Å². The molecule has 0 aliphatic rings. The molecule has 0 radical (unpaired) electrons. The van der Waals surface area contributed by atoms with Gasteiger partial charge in [-0.15, -0.1) is 0 Å². The maximum absolute atomic E-state index is 11.7. The maximum Gasteiger partial charge on any atom is 0.339 e. The monoisotopic (exact) mass is 291 g/mol. The zero-order valence-corrected chi connectivity index (χ0v) is 12.0. The number of carbonyl (C=O) groups is 1. The predicted molar refractivity (Wildman–Crippen MR) is 76.9 cm³/mol. The van der Waals surface area contributed by atoms with Gasteiger partial charge >= 0.3 is 5.97 Å². The molecule has 0 aliphatic carbocycles. The number of benzene rings is 1. The first-order valence-corrected chi connectivity index (χ1v) is 6.34. The van der Waals surface area contributed by atoms with Gasteiger partial charge in [-0.1, -0.05) is 23.7 Å². The third-order valence-corrected chi connectivity index (χ3v) is 2.99. The van der Waals surface area contributed by atoms with Crippen molar-refractivity contribution >= 4 is 23.3 Å². The molecule has 0 bridgehead atoms. The minimum atomic E-state index is -0.366. The Kier molecular flexibility index (Phi) is 4.53. The molecule has 2 aromatic rings. The SMILES string of the molecule is COC(=O)c1ccccc1N(C)Cc1cnc(Cl)cn1. The van der Waals surface area contributed by atoms with Gasteiger partial charge in [-0.25, -0.2) is 9.78 Å². The van der Waals surface area contributed by atoms with Crippen LogP contribution in [0.25, 0.3) is 0 Å². The van der Waals surface area contributed by atoms with Crippen molar-refractivity contribution in [3.05, 3.63) is 53.1 Å². The number of para-hydroxylation sites is 1. The summed E-state index contributed by atoms with van der Waals surface area (Å²) in [5.41, 5.74) is 2.05. The lowest BCUT2D eigenvalue weighted by molar-refractivity contribution is 0.0601. The highest BCUT2D eigenvalue weighted by molar-refractivity contribution is 6.29. The van der Waals surface area contributed by atoms with Crippen LogP contribution < -0.4 is 4.90 Å². The molecule has 1 aromatic heterocycles. The van der Waals surface area contributed by atoms with Gasteiger partial charge < -0.3 is 9.64 Å². The molecule has 0 saturated heterocycles. The molecule has 0 unspecified atom stereocenters. The Morgan fingerprint density at radius 2 is 2.05 bits per heavy atom. The quantitative estimate of drug-likeness (QED) is 0.810. The van der Waals surface area contributed by atoms with E-state index in [1.165, 1.54) is 13.3 Å². The van der Waals surface area contributed by atoms with Gasteiger partial charge in [0.15, 0.2) is 0 Å². The molecule has 0 aliphatic heterocycles. The summed E-state index contributed by atoms with van der Waals surface area (Å²) in [7, 11) is 3.24. The number of halogens is 1. The second kappa shape index (κ2) is 6.34. The number of carbonyl (C=O) groups excluding carboxylic acids is 1. The van der Waals surface area contributed by atoms with Gasteiger partial charge in [0.2, 0.25) is 0 Å². The Morgan fingerprint density at radius 3 is 2.70 bits per heavy atom. The molecule has 0 spiro atoms. The minimum Gasteiger partial charge on any atom is -0.465 e. The van der Waals surface area contributed by atoms with Crippen molar-refractivity contribution < 1.29 is 9.53 Å². The van der Waals surface area contributed by atoms with Crippen LogP contribution in [-0.4, -0.2) is 30.1 Å². The van der Waals surface area contributed by atoms with E-state index in [-0.39, 0.29) is 5.97 Å². The molecule has 20 heavy (non-hydrogen) atoms. The largest absolute Gasteiger partial charge is 0.465 e. The third kappa shape index (κ3) is 3.24. The van der Waals surface area contributed by atoms with Crippen LogP contribution in [0.3, 0.4) is 0 Å². The molecular formula is C14H14ClN3O2. The average molecular weight is 292 g/mol. The summed E-state index contributed by atoms with van der Waals surface area (Å²) in [5, 5.41) is 0.353. The van der Waals surface area contributed by atoms with E-state index in [4.69, 9.17) is 16.3 Å². The highest BCUT2D eigenvalue weighted by Gasteiger charge is 2.14. The van der Waals surface area contributed by atoms with E-state index in [0.29, 0.717) is 17.3 Å². The van der Waals surface area contributed by atoms with Crippen molar-refractivity contribution in [3.8, 4) is 0 Å². The summed E-state index contributed by atoms with van der Waals surface area (Å²) >= 11 is 5.70. The number of methoxy groups -OCH3 is 1. The van der Waals surface area contributed by atoms with Gasteiger partial charge in [0, 0.05) is 7.05 Å². The van der Waals surface area contributed by atoms with E-state index >= 15 is 0 Å². The second-order valence-electron chi connectivity index (χ2n) is 4.20. The first-order valence-electron chi connectivity index (χ1n) is 5.96. The summed E-state index contributed by atoms with van der Waals surface area (Å²) in [4.78, 5) is 21.8. The molecule has 0 atom stereocenters. The smallest absolute Gasteiger partial charge is 0.339 e. The fourth-order valence-electron chi connectivity index (χ4n) is 1.84. The van der Waals surface area contributed by atoms with Crippen LogP contribution >= 0.6 is 11.6 Å². The Morgan fingerprint density at radius 1 is 1.30 bits per heavy atom. The fourth-order valence-corrected chi connectivity index (χ4v) is 1.94. The number of aromatic nitrogens is 2. The average Bonchev–Trinajstić information content (AvgIpc) is 2.48. The summed E-state index contributed by atoms with van der Waals surface area (Å²) in [6.45, 7) is 0.512. The number of hydrogen-bond acceptors (Lipinski definition) is 5. The lowest BCUT2D eigenvalue weighted by Crippen LogP contribution is -2.20. The van der Waals surface area contributed by atoms with Crippen LogP contribution in [0.4, 0.5) is 5.69 Å². The van der Waals surface area contributed by atoms with Gasteiger partial charge in [-0.05, 0) is 12.1 Å². The molecular weight excluding hydrogens is 278 g/mol. The Balaban J connectivity index is 2.23. The molecule has 1 aromatic carbocycles. The van der Waals surface area contributed by atoms with E-state index in [2.05, 4.69) is 9.97 Å². The molecule has 5 nitrogen and oxygen atoms in total. The van der Waals surface area contributed by atoms with Gasteiger partial charge in [-0.2, -0.15) is 0 Å². The van der Waals surface area contributed by atoms with E-state index in [1.54, 1.807) is 18.3 Å². The van der Waals surface area contributed by atoms with Crippen LogP contribution in [0, 0.1) is 0 Å². The summed E-state index contributed by atoms with van der Waals surface area (Å²) in [6, 6.07) is 7.25. The van der Waals surface area contributed by atoms with Crippen molar-refractivity contribution in [2.45, 2.75) is 6.54 Å². The van der Waals surface area contributed by atoms with E-state index in [0.717, 1.165) is 11.4 Å². The second-order valence-corrected chi connectivity index (χ2v) is 4.58. The normalized spacial score (nSPS) is 10.2. The zero-order valence-electron chi connectivity index (χ0n) is 11.2. The number of hydrogen-bond donors (Lipinski definition) is 0. The summed E-state index contributed by atoms with van der Waals surface area (Å²) in [5.74, 6) is -0.366. The van der Waals surface area contributed by atoms with Gasteiger partial charge in [0.1, 0.15) is 5.15 Å². The molecule has 0 saturated carbocycles. The highest BCUT2D eigenvalue weighted by atomic mass is 35.5. The van der Waals surface area contributed by atoms with Crippen LogP contribution in [-0.2, 0) is 11.3 Å². The Hall–Kier alpha value is -2.14. The number of esters is 1. The molecule has 2 rings (SSSR count). The van der Waals surface area contributed by atoms with Crippen molar-refractivity contribution in [1.82, 2.24) is 9.97 Å². The van der Waals surface area contributed by atoms with Gasteiger partial charge in [0.05, 0.1) is 43.0 Å². The van der Waals surface area contributed by atoms with Crippen LogP contribution in [0.5, 0.6) is 0 Å². The maximum atomic E-state index is 11.7. The molecule has 1 heterocycles. The Labute approximate surface area is 122 Å². The first kappa shape index (κ1) is 14.3. The molecule has 6 heteroatoms. The molecule has 0 N–H and O–H groups in total. The molecule has 0 fully saturated rings. The van der Waals surface area contributed by atoms with Crippen LogP contribution in [0.2, 0.25) is 5.15 Å². The van der Waals surface area contributed by atoms with Crippen molar-refractivity contribution in [1.29, 1.82) is 0 Å². The van der Waals surface area contributed by atoms with Crippen molar-refractivity contribution in [2.75, 3.05) is 19.1 Å². The van der Waals surface area contributed by atoms with Crippen LogP contribution in [0.15, 0.2) is 36.7 Å². The third-order valence-electron chi connectivity index (χ3n) is 2.79. The Bertz CT molecular complexity index is 602. The van der Waals surface area contributed by atoms with E-state index in [1.807, 2.05) is 24.1 Å². The molecule has 104 valence electrons. The minimum absolute atomic E-state index is 0.353. The lowest BCUT2D eigenvalue weighted by Gasteiger charge is -2.21. The standard InChI is InChI=1S/C14H14ClN3O2/c1-18(9-10-7-17-13(15)8-16-10)12-6-4-3-5-11(12)14(19)20-2/h3-8H,9H2,1-2H3. The highest BCUT2D eigenvalue weighted by Crippen LogP contribution is 2.21. The fraction of sp³-hybridized carbons (Fsp3) is 0.214. The van der Waals surface area contributed by atoms with E-state index in [9.17, 15) is 4.79 Å². The zero-order chi connectivity index (χ0) is 14.5. The number of nitrogens with zero attached hydrogens (tertiary/aromatic N) is 3. The number of ether oxygens (including phenoxy) is 1. The van der Waals surface area contributed by atoms with Crippen molar-refractivity contribution in [3.63, 3.8) is 0 Å². The van der Waals surface area contributed by atoms with Gasteiger partial charge in [0.25, 0.3) is 0 Å². The predicted octanol–water partition coefficient (Wildman–Crippen LogP) is 2.55. The van der Waals surface area contributed by atoms with Crippen molar-refractivity contribution in [2.24, 2.45) is 0 Å². The topological polar surface area (TPSA) is 55.3 Å². The first-order chi connectivity index (χ1) is 9.61. The van der Waals surface area contributed by atoms with Gasteiger partial charge in [-0.3, -0.25) is 4.98 Å². The molecule has 0 amide bonds. The summed E-state index contributed by atoms with van der Waals surface area (Å²) < 4.78 is 4.78. The summed E-state index contributed by atoms with van der Waals surface area (Å²) in [6.07, 6.45) is 3.11. The van der Waals surface area contributed by atoms with E-state index < -0.39 is 0 Å². The number of rotatable bonds is 4. The number of anilines is 1. The lowest BCUT2D eigenvalue weighted by atomic mass is 10.1.